The maximum Gasteiger partial charge on any atom is 0.110 e. The quantitative estimate of drug-likeness (QED) is 0.857. The monoisotopic (exact) mass is 297 g/mol. The summed E-state index contributed by atoms with van der Waals surface area (Å²) in [5, 5.41) is 23.3. The number of hydrogen-bond donors (Lipinski definition) is 2. The molecule has 0 unspecified atom stereocenters. The zero-order valence-corrected chi connectivity index (χ0v) is 12.8. The van der Waals surface area contributed by atoms with E-state index in [1.807, 2.05) is 5.38 Å². The van der Waals surface area contributed by atoms with Gasteiger partial charge in [-0.2, -0.15) is 0 Å². The van der Waals surface area contributed by atoms with Gasteiger partial charge >= 0.3 is 0 Å². The Bertz CT molecular complexity index is 457. The van der Waals surface area contributed by atoms with Crippen LogP contribution in [0.4, 0.5) is 0 Å². The molecule has 2 N–H and O–H groups in total. The Morgan fingerprint density at radius 2 is 2.15 bits per heavy atom. The van der Waals surface area contributed by atoms with Gasteiger partial charge in [0.05, 0.1) is 18.3 Å². The Morgan fingerprint density at radius 3 is 2.80 bits per heavy atom. The first-order valence-electron chi connectivity index (χ1n) is 7.31. The summed E-state index contributed by atoms with van der Waals surface area (Å²) in [4.78, 5) is 9.12. The molecule has 0 aromatic carbocycles. The lowest BCUT2D eigenvalue weighted by atomic mass is 9.89. The summed E-state index contributed by atoms with van der Waals surface area (Å²) in [6.45, 7) is 4.30. The van der Waals surface area contributed by atoms with E-state index in [9.17, 15) is 10.2 Å². The SMILES string of the molecule is CN1CCC(O)(c2csc(CN3CC[C@@H](O)C3)n2)CC1. The Labute approximate surface area is 123 Å². The standard InChI is InChI=1S/C14H23N3O2S/c1-16-6-3-14(19,4-7-16)12-10-20-13(15-12)9-17-5-2-11(18)8-17/h10-11,18-19H,2-9H2,1H3/t11-/m1/s1. The van der Waals surface area contributed by atoms with Crippen molar-refractivity contribution in [2.75, 3.05) is 33.2 Å². The van der Waals surface area contributed by atoms with Crippen LogP contribution >= 0.6 is 11.3 Å². The second kappa shape index (κ2) is 5.69. The Morgan fingerprint density at radius 1 is 1.40 bits per heavy atom. The van der Waals surface area contributed by atoms with Crippen LogP contribution in [0.15, 0.2) is 5.38 Å². The number of likely N-dealkylation sites (tertiary alicyclic amines) is 2. The lowest BCUT2D eigenvalue weighted by Gasteiger charge is -2.35. The number of piperidine rings is 1. The molecule has 0 spiro atoms. The molecule has 3 heterocycles. The van der Waals surface area contributed by atoms with E-state index in [1.54, 1.807) is 11.3 Å². The van der Waals surface area contributed by atoms with Crippen LogP contribution < -0.4 is 0 Å². The predicted molar refractivity (Wildman–Crippen MR) is 78.6 cm³/mol. The molecule has 20 heavy (non-hydrogen) atoms. The molecular weight excluding hydrogens is 274 g/mol. The number of aromatic nitrogens is 1. The maximum atomic E-state index is 10.7. The molecule has 0 radical (unpaired) electrons. The van der Waals surface area contributed by atoms with Crippen molar-refractivity contribution in [3.63, 3.8) is 0 Å². The molecule has 2 fully saturated rings. The van der Waals surface area contributed by atoms with Crippen LogP contribution in [-0.4, -0.2) is 64.3 Å². The number of aliphatic hydroxyl groups excluding tert-OH is 1. The fourth-order valence-electron chi connectivity index (χ4n) is 2.99. The molecule has 3 rings (SSSR count). The van der Waals surface area contributed by atoms with Gasteiger partial charge in [0.15, 0.2) is 0 Å². The van der Waals surface area contributed by atoms with Crippen LogP contribution in [0.5, 0.6) is 0 Å². The lowest BCUT2D eigenvalue weighted by molar-refractivity contribution is -0.0235. The topological polar surface area (TPSA) is 59.8 Å². The number of thiazole rings is 1. The summed E-state index contributed by atoms with van der Waals surface area (Å²) in [5.41, 5.74) is 0.0940. The van der Waals surface area contributed by atoms with E-state index in [-0.39, 0.29) is 6.10 Å². The molecule has 6 heteroatoms. The number of β-amino-alcohol motifs (C(OH)–C–C–N with tert-alkyl or cyclic N) is 1. The van der Waals surface area contributed by atoms with Crippen molar-refractivity contribution in [2.24, 2.45) is 0 Å². The number of rotatable bonds is 3. The second-order valence-electron chi connectivity index (χ2n) is 6.14. The van der Waals surface area contributed by atoms with Gasteiger partial charge in [0.25, 0.3) is 0 Å². The Balaban J connectivity index is 1.64. The highest BCUT2D eigenvalue weighted by Crippen LogP contribution is 2.33. The van der Waals surface area contributed by atoms with Crippen molar-refractivity contribution in [3.8, 4) is 0 Å². The average molecular weight is 297 g/mol. The van der Waals surface area contributed by atoms with Crippen molar-refractivity contribution < 1.29 is 10.2 Å². The van der Waals surface area contributed by atoms with E-state index >= 15 is 0 Å². The molecule has 1 atom stereocenters. The van der Waals surface area contributed by atoms with E-state index in [4.69, 9.17) is 0 Å². The number of aliphatic hydroxyl groups is 2. The van der Waals surface area contributed by atoms with E-state index in [1.165, 1.54) is 0 Å². The highest BCUT2D eigenvalue weighted by molar-refractivity contribution is 7.09. The first kappa shape index (κ1) is 14.4. The highest BCUT2D eigenvalue weighted by Gasteiger charge is 2.35. The van der Waals surface area contributed by atoms with Crippen LogP contribution in [-0.2, 0) is 12.1 Å². The fraction of sp³-hybridized carbons (Fsp3) is 0.786. The van der Waals surface area contributed by atoms with Gasteiger partial charge in [0, 0.05) is 31.6 Å². The Hall–Kier alpha value is -0.530. The van der Waals surface area contributed by atoms with Crippen molar-refractivity contribution >= 4 is 11.3 Å². The maximum absolute atomic E-state index is 10.7. The number of hydrogen-bond acceptors (Lipinski definition) is 6. The van der Waals surface area contributed by atoms with Crippen LogP contribution in [0.3, 0.4) is 0 Å². The van der Waals surface area contributed by atoms with E-state index < -0.39 is 5.60 Å². The minimum atomic E-state index is -0.744. The van der Waals surface area contributed by atoms with E-state index in [0.29, 0.717) is 0 Å². The molecule has 112 valence electrons. The minimum Gasteiger partial charge on any atom is -0.392 e. The zero-order valence-electron chi connectivity index (χ0n) is 12.0. The molecule has 0 aliphatic carbocycles. The smallest absolute Gasteiger partial charge is 0.110 e. The molecule has 0 saturated carbocycles. The van der Waals surface area contributed by atoms with Crippen LogP contribution in [0.1, 0.15) is 30.0 Å². The first-order chi connectivity index (χ1) is 9.55. The van der Waals surface area contributed by atoms with E-state index in [0.717, 1.165) is 62.7 Å². The molecule has 0 bridgehead atoms. The van der Waals surface area contributed by atoms with Crippen LogP contribution in [0.2, 0.25) is 0 Å². The van der Waals surface area contributed by atoms with Crippen molar-refractivity contribution in [3.05, 3.63) is 16.1 Å². The van der Waals surface area contributed by atoms with Crippen LogP contribution in [0.25, 0.3) is 0 Å². The molecule has 2 aliphatic rings. The molecule has 1 aromatic rings. The van der Waals surface area contributed by atoms with Gasteiger partial charge < -0.3 is 15.1 Å². The molecule has 2 aliphatic heterocycles. The molecule has 0 amide bonds. The molecule has 1 aromatic heterocycles. The third-order valence-corrected chi connectivity index (χ3v) is 5.28. The summed E-state index contributed by atoms with van der Waals surface area (Å²) in [7, 11) is 2.09. The van der Waals surface area contributed by atoms with Crippen molar-refractivity contribution in [2.45, 2.75) is 37.5 Å². The minimum absolute atomic E-state index is 0.188. The molecular formula is C14H23N3O2S. The normalized spacial score (nSPS) is 28.1. The number of nitrogens with zero attached hydrogens (tertiary/aromatic N) is 3. The average Bonchev–Trinajstić information content (AvgIpc) is 3.04. The molecule has 2 saturated heterocycles. The third-order valence-electron chi connectivity index (χ3n) is 4.45. The highest BCUT2D eigenvalue weighted by atomic mass is 32.1. The van der Waals surface area contributed by atoms with Gasteiger partial charge in [-0.15, -0.1) is 11.3 Å². The summed E-state index contributed by atoms with van der Waals surface area (Å²) in [5.74, 6) is 0. The van der Waals surface area contributed by atoms with Gasteiger partial charge in [0.1, 0.15) is 10.6 Å². The fourth-order valence-corrected chi connectivity index (χ4v) is 3.92. The largest absolute Gasteiger partial charge is 0.392 e. The second-order valence-corrected chi connectivity index (χ2v) is 7.08. The summed E-state index contributed by atoms with van der Waals surface area (Å²) in [6, 6.07) is 0. The van der Waals surface area contributed by atoms with Crippen molar-refractivity contribution in [1.82, 2.24) is 14.8 Å². The van der Waals surface area contributed by atoms with E-state index in [2.05, 4.69) is 21.8 Å². The first-order valence-corrected chi connectivity index (χ1v) is 8.19. The van der Waals surface area contributed by atoms with Gasteiger partial charge in [0.2, 0.25) is 0 Å². The van der Waals surface area contributed by atoms with Gasteiger partial charge in [-0.3, -0.25) is 4.90 Å². The van der Waals surface area contributed by atoms with Gasteiger partial charge in [-0.1, -0.05) is 0 Å². The summed E-state index contributed by atoms with van der Waals surface area (Å²) in [6.07, 6.45) is 2.19. The lowest BCUT2D eigenvalue weighted by Crippen LogP contribution is -2.41. The van der Waals surface area contributed by atoms with Gasteiger partial charge in [-0.25, -0.2) is 4.98 Å². The van der Waals surface area contributed by atoms with Crippen LogP contribution in [0, 0.1) is 0 Å². The summed E-state index contributed by atoms with van der Waals surface area (Å²) >= 11 is 1.62. The molecule has 5 nitrogen and oxygen atoms in total. The third kappa shape index (κ3) is 3.04. The zero-order chi connectivity index (χ0) is 14.2. The van der Waals surface area contributed by atoms with Gasteiger partial charge in [-0.05, 0) is 26.3 Å². The van der Waals surface area contributed by atoms with Crippen molar-refractivity contribution in [1.29, 1.82) is 0 Å². The Kier molecular flexibility index (Phi) is 4.10. The summed E-state index contributed by atoms with van der Waals surface area (Å²) < 4.78 is 0. The predicted octanol–water partition coefficient (Wildman–Crippen LogP) is 0.623.